The van der Waals surface area contributed by atoms with Crippen molar-refractivity contribution < 1.29 is 9.53 Å². The third-order valence-corrected chi connectivity index (χ3v) is 1.60. The molecule has 0 rings (SSSR count). The van der Waals surface area contributed by atoms with E-state index >= 15 is 0 Å². The Morgan fingerprint density at radius 2 is 2.36 bits per heavy atom. The maximum atomic E-state index is 11.2. The summed E-state index contributed by atoms with van der Waals surface area (Å²) in [5, 5.41) is 11.1. The van der Waals surface area contributed by atoms with Crippen molar-refractivity contribution in [3.8, 4) is 6.07 Å². The minimum atomic E-state index is -0.0566. The molecule has 80 valence electrons. The molecule has 0 unspecified atom stereocenters. The van der Waals surface area contributed by atoms with Gasteiger partial charge in [0.15, 0.2) is 0 Å². The van der Waals surface area contributed by atoms with Crippen molar-refractivity contribution in [1.82, 2.24) is 10.2 Å². The lowest BCUT2D eigenvalue weighted by molar-refractivity contribution is -0.121. The largest absolute Gasteiger partial charge is 0.385 e. The van der Waals surface area contributed by atoms with Crippen LogP contribution in [0.4, 0.5) is 0 Å². The lowest BCUT2D eigenvalue weighted by Gasteiger charge is -2.11. The predicted octanol–water partition coefficient (Wildman–Crippen LogP) is -0.406. The standard InChI is InChI=1S/C9H17N3O2/c1-12(6-4-10)8-9(13)11-5-3-7-14-2/h3,5-8H2,1-2H3,(H,11,13). The second kappa shape index (κ2) is 8.48. The maximum Gasteiger partial charge on any atom is 0.234 e. The number of nitriles is 1. The van der Waals surface area contributed by atoms with Crippen molar-refractivity contribution in [2.45, 2.75) is 6.42 Å². The van der Waals surface area contributed by atoms with Crippen molar-refractivity contribution in [2.75, 3.05) is 40.4 Å². The van der Waals surface area contributed by atoms with Crippen molar-refractivity contribution in [1.29, 1.82) is 5.26 Å². The molecule has 0 radical (unpaired) electrons. The SMILES string of the molecule is COCCCNC(=O)CN(C)CC#N. The van der Waals surface area contributed by atoms with Crippen LogP contribution in [-0.2, 0) is 9.53 Å². The lowest BCUT2D eigenvalue weighted by atomic mass is 10.4. The molecular weight excluding hydrogens is 182 g/mol. The molecule has 0 spiro atoms. The van der Waals surface area contributed by atoms with Crippen LogP contribution in [0.15, 0.2) is 0 Å². The number of nitrogens with one attached hydrogen (secondary N) is 1. The van der Waals surface area contributed by atoms with Crippen molar-refractivity contribution in [3.05, 3.63) is 0 Å². The number of ether oxygens (including phenoxy) is 1. The fourth-order valence-electron chi connectivity index (χ4n) is 0.922. The number of hydrogen-bond acceptors (Lipinski definition) is 4. The summed E-state index contributed by atoms with van der Waals surface area (Å²) in [7, 11) is 3.36. The van der Waals surface area contributed by atoms with E-state index in [9.17, 15) is 4.79 Å². The Hall–Kier alpha value is -1.12. The highest BCUT2D eigenvalue weighted by atomic mass is 16.5. The molecule has 0 aromatic rings. The summed E-state index contributed by atoms with van der Waals surface area (Å²) >= 11 is 0. The quantitative estimate of drug-likeness (QED) is 0.447. The highest BCUT2D eigenvalue weighted by molar-refractivity contribution is 5.77. The Bertz CT molecular complexity index is 201. The zero-order valence-electron chi connectivity index (χ0n) is 8.75. The van der Waals surface area contributed by atoms with Gasteiger partial charge in [0, 0.05) is 20.3 Å². The van der Waals surface area contributed by atoms with E-state index in [1.54, 1.807) is 19.1 Å². The fraction of sp³-hybridized carbons (Fsp3) is 0.778. The number of rotatable bonds is 7. The molecule has 1 amide bonds. The average Bonchev–Trinajstić information content (AvgIpc) is 2.13. The number of likely N-dealkylation sites (N-methyl/N-ethyl adjacent to an activating group) is 1. The first-order chi connectivity index (χ1) is 6.70. The Morgan fingerprint density at radius 3 is 2.93 bits per heavy atom. The van der Waals surface area contributed by atoms with Gasteiger partial charge in [-0.25, -0.2) is 0 Å². The Balaban J connectivity index is 3.41. The van der Waals surface area contributed by atoms with Gasteiger partial charge in [-0.05, 0) is 13.5 Å². The molecule has 0 heterocycles. The van der Waals surface area contributed by atoms with Crippen molar-refractivity contribution >= 4 is 5.91 Å². The maximum absolute atomic E-state index is 11.2. The van der Waals surface area contributed by atoms with Crippen LogP contribution in [0.3, 0.4) is 0 Å². The molecule has 1 N–H and O–H groups in total. The highest BCUT2D eigenvalue weighted by Gasteiger charge is 2.04. The molecule has 0 saturated carbocycles. The summed E-state index contributed by atoms with van der Waals surface area (Å²) in [5.41, 5.74) is 0. The second-order valence-electron chi connectivity index (χ2n) is 3.03. The first-order valence-electron chi connectivity index (χ1n) is 4.51. The molecule has 0 atom stereocenters. The average molecular weight is 199 g/mol. The minimum absolute atomic E-state index is 0.0566. The van der Waals surface area contributed by atoms with E-state index in [4.69, 9.17) is 10.00 Å². The normalized spacial score (nSPS) is 9.86. The summed E-state index contributed by atoms with van der Waals surface area (Å²) in [6.45, 7) is 1.80. The fourth-order valence-corrected chi connectivity index (χ4v) is 0.922. The van der Waals surface area contributed by atoms with Gasteiger partial charge in [0.05, 0.1) is 19.2 Å². The molecule has 5 heteroatoms. The molecule has 0 fully saturated rings. The number of amides is 1. The summed E-state index contributed by atoms with van der Waals surface area (Å²) in [6.07, 6.45) is 0.810. The number of nitrogens with zero attached hydrogens (tertiary/aromatic N) is 2. The second-order valence-corrected chi connectivity index (χ2v) is 3.03. The van der Waals surface area contributed by atoms with Gasteiger partial charge in [-0.1, -0.05) is 0 Å². The molecule has 0 aliphatic carbocycles. The Kier molecular flexibility index (Phi) is 7.80. The zero-order chi connectivity index (χ0) is 10.8. The van der Waals surface area contributed by atoms with Gasteiger partial charge in [-0.15, -0.1) is 0 Å². The summed E-state index contributed by atoms with van der Waals surface area (Å²) in [5.74, 6) is -0.0566. The first kappa shape index (κ1) is 12.9. The molecule has 0 bridgehead atoms. The number of methoxy groups -OCH3 is 1. The van der Waals surface area contributed by atoms with Gasteiger partial charge in [0.25, 0.3) is 0 Å². The summed E-state index contributed by atoms with van der Waals surface area (Å²) in [4.78, 5) is 12.8. The van der Waals surface area contributed by atoms with Crippen LogP contribution in [-0.4, -0.2) is 51.2 Å². The summed E-state index contributed by atoms with van der Waals surface area (Å²) in [6, 6.07) is 1.98. The molecule has 0 aromatic carbocycles. The van der Waals surface area contributed by atoms with E-state index in [2.05, 4.69) is 5.32 Å². The topological polar surface area (TPSA) is 65.4 Å². The number of hydrogen-bond donors (Lipinski definition) is 1. The molecule has 0 aliphatic heterocycles. The Labute approximate surface area is 84.6 Å². The van der Waals surface area contributed by atoms with Crippen molar-refractivity contribution in [2.24, 2.45) is 0 Å². The van der Waals surface area contributed by atoms with Crippen LogP contribution in [0.25, 0.3) is 0 Å². The third kappa shape index (κ3) is 7.53. The van der Waals surface area contributed by atoms with Gasteiger partial charge < -0.3 is 10.1 Å². The van der Waals surface area contributed by atoms with Gasteiger partial charge in [0.2, 0.25) is 5.91 Å². The van der Waals surface area contributed by atoms with Crippen LogP contribution in [0.1, 0.15) is 6.42 Å². The molecule has 5 nitrogen and oxygen atoms in total. The smallest absolute Gasteiger partial charge is 0.234 e. The lowest BCUT2D eigenvalue weighted by Crippen LogP contribution is -2.35. The van der Waals surface area contributed by atoms with E-state index in [-0.39, 0.29) is 19.0 Å². The number of carbonyl (C=O) groups is 1. The molecule has 0 saturated heterocycles. The molecular formula is C9H17N3O2. The van der Waals surface area contributed by atoms with Crippen molar-refractivity contribution in [3.63, 3.8) is 0 Å². The van der Waals surface area contributed by atoms with Crippen LogP contribution >= 0.6 is 0 Å². The van der Waals surface area contributed by atoms with E-state index in [0.29, 0.717) is 13.2 Å². The van der Waals surface area contributed by atoms with E-state index < -0.39 is 0 Å². The van der Waals surface area contributed by atoms with Gasteiger partial charge in [0.1, 0.15) is 0 Å². The molecule has 14 heavy (non-hydrogen) atoms. The van der Waals surface area contributed by atoms with Gasteiger partial charge >= 0.3 is 0 Å². The molecule has 0 aliphatic rings. The number of carbonyl (C=O) groups excluding carboxylic acids is 1. The summed E-state index contributed by atoms with van der Waals surface area (Å²) < 4.78 is 4.84. The highest BCUT2D eigenvalue weighted by Crippen LogP contribution is 1.81. The van der Waals surface area contributed by atoms with Crippen LogP contribution in [0.5, 0.6) is 0 Å². The monoisotopic (exact) mass is 199 g/mol. The van der Waals surface area contributed by atoms with E-state index in [1.807, 2.05) is 6.07 Å². The van der Waals surface area contributed by atoms with Crippen LogP contribution in [0, 0.1) is 11.3 Å². The first-order valence-corrected chi connectivity index (χ1v) is 4.51. The minimum Gasteiger partial charge on any atom is -0.385 e. The van der Waals surface area contributed by atoms with Gasteiger partial charge in [-0.2, -0.15) is 5.26 Å². The van der Waals surface area contributed by atoms with E-state index in [1.165, 1.54) is 0 Å². The predicted molar refractivity (Wildman–Crippen MR) is 52.6 cm³/mol. The third-order valence-electron chi connectivity index (χ3n) is 1.60. The van der Waals surface area contributed by atoms with Gasteiger partial charge in [-0.3, -0.25) is 9.69 Å². The zero-order valence-corrected chi connectivity index (χ0v) is 8.75. The van der Waals surface area contributed by atoms with E-state index in [0.717, 1.165) is 6.42 Å². The molecule has 0 aromatic heterocycles. The van der Waals surface area contributed by atoms with Crippen LogP contribution < -0.4 is 5.32 Å². The Morgan fingerprint density at radius 1 is 1.64 bits per heavy atom. The van der Waals surface area contributed by atoms with Crippen LogP contribution in [0.2, 0.25) is 0 Å².